The standard InChI is InChI=1S/C17H28N2O2S/c1-17(2,3)22(20,21)19-16-11-9-14(10-12-16)13-18-15-7-5-4-6-8-15/h4-8,14,16,18-19H,9-13H2,1-3H3. The van der Waals surface area contributed by atoms with Crippen LogP contribution in [0, 0.1) is 5.92 Å². The minimum absolute atomic E-state index is 0.0946. The molecule has 0 radical (unpaired) electrons. The van der Waals surface area contributed by atoms with Crippen LogP contribution in [0.2, 0.25) is 0 Å². The van der Waals surface area contributed by atoms with E-state index in [4.69, 9.17) is 0 Å². The van der Waals surface area contributed by atoms with E-state index in [1.807, 2.05) is 18.2 Å². The SMILES string of the molecule is CC(C)(C)S(=O)(=O)NC1CCC(CNc2ccccc2)CC1. The maximum Gasteiger partial charge on any atom is 0.216 e. The molecule has 0 aromatic heterocycles. The van der Waals surface area contributed by atoms with E-state index in [9.17, 15) is 8.42 Å². The first-order chi connectivity index (χ1) is 10.3. The zero-order valence-electron chi connectivity index (χ0n) is 13.8. The molecule has 0 unspecified atom stereocenters. The molecule has 1 aromatic rings. The maximum absolute atomic E-state index is 12.2. The third-order valence-electron chi connectivity index (χ3n) is 4.34. The van der Waals surface area contributed by atoms with Crippen LogP contribution in [0.1, 0.15) is 46.5 Å². The first kappa shape index (κ1) is 17.3. The molecule has 1 aliphatic carbocycles. The molecule has 1 aliphatic rings. The van der Waals surface area contributed by atoms with Gasteiger partial charge in [0.25, 0.3) is 0 Å². The quantitative estimate of drug-likeness (QED) is 0.873. The molecule has 22 heavy (non-hydrogen) atoms. The highest BCUT2D eigenvalue weighted by molar-refractivity contribution is 7.90. The van der Waals surface area contributed by atoms with Crippen molar-refractivity contribution in [2.45, 2.75) is 57.2 Å². The van der Waals surface area contributed by atoms with Crippen LogP contribution >= 0.6 is 0 Å². The fraction of sp³-hybridized carbons (Fsp3) is 0.647. The van der Waals surface area contributed by atoms with Gasteiger partial charge in [0.2, 0.25) is 10.0 Å². The molecule has 124 valence electrons. The first-order valence-electron chi connectivity index (χ1n) is 8.09. The number of rotatable bonds is 5. The third-order valence-corrected chi connectivity index (χ3v) is 6.60. The molecule has 2 rings (SSSR count). The van der Waals surface area contributed by atoms with Crippen molar-refractivity contribution in [1.29, 1.82) is 0 Å². The highest BCUT2D eigenvalue weighted by Crippen LogP contribution is 2.26. The summed E-state index contributed by atoms with van der Waals surface area (Å²) >= 11 is 0. The number of sulfonamides is 1. The number of nitrogens with one attached hydrogen (secondary N) is 2. The molecule has 0 heterocycles. The van der Waals surface area contributed by atoms with Crippen LogP contribution in [0.4, 0.5) is 5.69 Å². The van der Waals surface area contributed by atoms with E-state index in [0.717, 1.165) is 37.9 Å². The summed E-state index contributed by atoms with van der Waals surface area (Å²) in [5, 5.41) is 3.46. The van der Waals surface area contributed by atoms with Crippen molar-refractivity contribution in [3.63, 3.8) is 0 Å². The molecule has 1 saturated carbocycles. The molecule has 1 aromatic carbocycles. The van der Waals surface area contributed by atoms with Gasteiger partial charge in [-0.3, -0.25) is 0 Å². The lowest BCUT2D eigenvalue weighted by molar-refractivity contribution is 0.322. The first-order valence-corrected chi connectivity index (χ1v) is 9.57. The van der Waals surface area contributed by atoms with Crippen molar-refractivity contribution in [2.75, 3.05) is 11.9 Å². The van der Waals surface area contributed by atoms with Gasteiger partial charge in [-0.25, -0.2) is 13.1 Å². The van der Waals surface area contributed by atoms with Crippen molar-refractivity contribution in [3.8, 4) is 0 Å². The van der Waals surface area contributed by atoms with Crippen molar-refractivity contribution in [1.82, 2.24) is 4.72 Å². The van der Waals surface area contributed by atoms with Gasteiger partial charge in [-0.15, -0.1) is 0 Å². The van der Waals surface area contributed by atoms with Gasteiger partial charge in [-0.1, -0.05) is 18.2 Å². The molecular formula is C17H28N2O2S. The second-order valence-corrected chi connectivity index (χ2v) is 9.67. The average molecular weight is 324 g/mol. The molecule has 0 saturated heterocycles. The van der Waals surface area contributed by atoms with E-state index in [2.05, 4.69) is 22.2 Å². The summed E-state index contributed by atoms with van der Waals surface area (Å²) in [6.45, 7) is 6.18. The smallest absolute Gasteiger partial charge is 0.216 e. The average Bonchev–Trinajstić information content (AvgIpc) is 2.46. The molecule has 0 spiro atoms. The summed E-state index contributed by atoms with van der Waals surface area (Å²) < 4.78 is 26.5. The van der Waals surface area contributed by atoms with E-state index in [0.29, 0.717) is 5.92 Å². The lowest BCUT2D eigenvalue weighted by atomic mass is 9.86. The minimum atomic E-state index is -3.24. The number of hydrogen-bond acceptors (Lipinski definition) is 3. The molecule has 0 amide bonds. The van der Waals surface area contributed by atoms with Gasteiger partial charge in [0.15, 0.2) is 0 Å². The van der Waals surface area contributed by atoms with Gasteiger partial charge in [0.1, 0.15) is 0 Å². The van der Waals surface area contributed by atoms with Crippen LogP contribution in [0.5, 0.6) is 0 Å². The van der Waals surface area contributed by atoms with Gasteiger partial charge in [-0.2, -0.15) is 0 Å². The summed E-state index contributed by atoms with van der Waals surface area (Å²) in [6.07, 6.45) is 3.99. The predicted molar refractivity (Wildman–Crippen MR) is 92.5 cm³/mol. The fourth-order valence-corrected chi connectivity index (χ4v) is 3.73. The molecule has 0 aliphatic heterocycles. The van der Waals surface area contributed by atoms with Crippen LogP contribution in [0.25, 0.3) is 0 Å². The van der Waals surface area contributed by atoms with Crippen LogP contribution < -0.4 is 10.0 Å². The second-order valence-electron chi connectivity index (χ2n) is 7.20. The maximum atomic E-state index is 12.2. The number of hydrogen-bond donors (Lipinski definition) is 2. The predicted octanol–water partition coefficient (Wildman–Crippen LogP) is 3.38. The van der Waals surface area contributed by atoms with Crippen LogP contribution in [-0.4, -0.2) is 25.8 Å². The normalized spacial score (nSPS) is 23.2. The molecular weight excluding hydrogens is 296 g/mol. The number of anilines is 1. The van der Waals surface area contributed by atoms with Crippen LogP contribution in [0.15, 0.2) is 30.3 Å². The van der Waals surface area contributed by atoms with Crippen molar-refractivity contribution >= 4 is 15.7 Å². The van der Waals surface area contributed by atoms with E-state index < -0.39 is 14.8 Å². The largest absolute Gasteiger partial charge is 0.385 e. The van der Waals surface area contributed by atoms with E-state index in [1.165, 1.54) is 0 Å². The number of para-hydroxylation sites is 1. The fourth-order valence-electron chi connectivity index (χ4n) is 2.70. The van der Waals surface area contributed by atoms with E-state index in [1.54, 1.807) is 20.8 Å². The molecule has 5 heteroatoms. The summed E-state index contributed by atoms with van der Waals surface area (Å²) in [5.74, 6) is 0.621. The molecule has 2 N–H and O–H groups in total. The Bertz CT molecular complexity index is 556. The van der Waals surface area contributed by atoms with Gasteiger partial charge in [-0.05, 0) is 64.5 Å². The third kappa shape index (κ3) is 4.71. The topological polar surface area (TPSA) is 58.2 Å². The molecule has 4 nitrogen and oxygen atoms in total. The summed E-state index contributed by atoms with van der Waals surface area (Å²) in [4.78, 5) is 0. The summed E-state index contributed by atoms with van der Waals surface area (Å²) in [6, 6.07) is 10.3. The summed E-state index contributed by atoms with van der Waals surface area (Å²) in [7, 11) is -3.24. The number of benzene rings is 1. The lowest BCUT2D eigenvalue weighted by Crippen LogP contribution is -2.46. The Morgan fingerprint density at radius 2 is 1.64 bits per heavy atom. The van der Waals surface area contributed by atoms with Crippen LogP contribution in [-0.2, 0) is 10.0 Å². The van der Waals surface area contributed by atoms with Crippen molar-refractivity contribution in [2.24, 2.45) is 5.92 Å². The van der Waals surface area contributed by atoms with Gasteiger partial charge >= 0.3 is 0 Å². The second kappa shape index (κ2) is 7.01. The Hall–Kier alpha value is -1.07. The van der Waals surface area contributed by atoms with E-state index >= 15 is 0 Å². The van der Waals surface area contributed by atoms with Crippen molar-refractivity contribution in [3.05, 3.63) is 30.3 Å². The zero-order chi connectivity index (χ0) is 16.2. The molecule has 0 bridgehead atoms. The monoisotopic (exact) mass is 324 g/mol. The Balaban J connectivity index is 1.76. The zero-order valence-corrected chi connectivity index (χ0v) is 14.6. The van der Waals surface area contributed by atoms with Gasteiger partial charge in [0.05, 0.1) is 4.75 Å². The Labute approximate surface area is 134 Å². The Kier molecular flexibility index (Phi) is 5.50. The highest BCUT2D eigenvalue weighted by Gasteiger charge is 2.32. The minimum Gasteiger partial charge on any atom is -0.385 e. The lowest BCUT2D eigenvalue weighted by Gasteiger charge is -2.31. The van der Waals surface area contributed by atoms with E-state index in [-0.39, 0.29) is 6.04 Å². The van der Waals surface area contributed by atoms with Gasteiger partial charge < -0.3 is 5.32 Å². The van der Waals surface area contributed by atoms with Gasteiger partial charge in [0, 0.05) is 18.3 Å². The Morgan fingerprint density at radius 1 is 1.05 bits per heavy atom. The Morgan fingerprint density at radius 3 is 2.18 bits per heavy atom. The molecule has 1 fully saturated rings. The summed E-state index contributed by atoms with van der Waals surface area (Å²) in [5.41, 5.74) is 1.15. The highest BCUT2D eigenvalue weighted by atomic mass is 32.2. The molecule has 0 atom stereocenters. The van der Waals surface area contributed by atoms with Crippen LogP contribution in [0.3, 0.4) is 0 Å². The van der Waals surface area contributed by atoms with Crippen molar-refractivity contribution < 1.29 is 8.42 Å².